The summed E-state index contributed by atoms with van der Waals surface area (Å²) in [6.07, 6.45) is 0.694. The van der Waals surface area contributed by atoms with Crippen molar-refractivity contribution in [3.05, 3.63) is 113 Å². The lowest BCUT2D eigenvalue weighted by Gasteiger charge is -2.14. The lowest BCUT2D eigenvalue weighted by Crippen LogP contribution is -2.13. The summed E-state index contributed by atoms with van der Waals surface area (Å²) in [5.74, 6) is -0.105. The number of nitrogens with zero attached hydrogens (tertiary/aromatic N) is 3. The number of para-hydroxylation sites is 1. The van der Waals surface area contributed by atoms with Crippen molar-refractivity contribution >= 4 is 16.7 Å². The maximum Gasteiger partial charge on any atom is 0.223 e. The van der Waals surface area contributed by atoms with Crippen LogP contribution in [0.3, 0.4) is 0 Å². The number of benzene rings is 3. The van der Waals surface area contributed by atoms with Crippen LogP contribution >= 0.6 is 0 Å². The second-order valence-electron chi connectivity index (χ2n) is 8.53. The number of aliphatic hydroxyl groups is 1. The van der Waals surface area contributed by atoms with E-state index in [0.29, 0.717) is 39.0 Å². The Bertz CT molecular complexity index is 1580. The molecule has 0 aliphatic carbocycles. The molecule has 5 aromatic rings. The molecule has 0 amide bonds. The molecule has 1 N–H and O–H groups in total. The van der Waals surface area contributed by atoms with E-state index < -0.39 is 11.9 Å². The van der Waals surface area contributed by atoms with Crippen molar-refractivity contribution in [2.45, 2.75) is 13.0 Å². The van der Waals surface area contributed by atoms with Crippen LogP contribution in [0.5, 0.6) is 17.4 Å². The second-order valence-corrected chi connectivity index (χ2v) is 8.53. The molecule has 0 saturated carbocycles. The van der Waals surface area contributed by atoms with Crippen LogP contribution < -0.4 is 9.47 Å². The number of aryl methyl sites for hydroxylation is 2. The summed E-state index contributed by atoms with van der Waals surface area (Å²) < 4.78 is 27.4. The molecule has 5 rings (SSSR count). The molecule has 0 aliphatic rings. The Morgan fingerprint density at radius 2 is 1.78 bits per heavy atom. The van der Waals surface area contributed by atoms with Crippen molar-refractivity contribution < 1.29 is 23.8 Å². The van der Waals surface area contributed by atoms with Crippen LogP contribution in [-0.2, 0) is 7.05 Å². The molecule has 2 aromatic heterocycles. The number of aromatic nitrogens is 3. The maximum atomic E-state index is 14.2. The number of hydrogen-bond donors (Lipinski definition) is 1. The summed E-state index contributed by atoms with van der Waals surface area (Å²) in [5, 5.41) is 15.4. The first kappa shape index (κ1) is 24.1. The van der Waals surface area contributed by atoms with E-state index in [9.17, 15) is 14.3 Å². The fourth-order valence-electron chi connectivity index (χ4n) is 4.13. The Hall–Kier alpha value is -4.56. The van der Waals surface area contributed by atoms with E-state index in [2.05, 4.69) is 10.1 Å². The van der Waals surface area contributed by atoms with Crippen molar-refractivity contribution in [3.63, 3.8) is 0 Å². The van der Waals surface area contributed by atoms with Gasteiger partial charge in [-0.2, -0.15) is 5.10 Å². The zero-order valence-electron chi connectivity index (χ0n) is 20.3. The molecule has 1 atom stereocenters. The molecule has 2 heterocycles. The second kappa shape index (κ2) is 10.2. The molecule has 7 nitrogen and oxygen atoms in total. The van der Waals surface area contributed by atoms with E-state index in [1.165, 1.54) is 16.8 Å². The molecule has 1 unspecified atom stereocenters. The van der Waals surface area contributed by atoms with Gasteiger partial charge < -0.3 is 14.6 Å². The maximum absolute atomic E-state index is 14.2. The minimum atomic E-state index is -0.871. The molecule has 37 heavy (non-hydrogen) atoms. The van der Waals surface area contributed by atoms with Crippen LogP contribution in [-0.4, -0.2) is 32.3 Å². The monoisotopic (exact) mass is 497 g/mol. The van der Waals surface area contributed by atoms with Gasteiger partial charge in [0.15, 0.2) is 17.3 Å². The van der Waals surface area contributed by atoms with Crippen molar-refractivity contribution in [1.82, 2.24) is 14.8 Å². The van der Waals surface area contributed by atoms with Crippen LogP contribution in [0.1, 0.15) is 33.3 Å². The van der Waals surface area contributed by atoms with Gasteiger partial charge in [0.2, 0.25) is 5.88 Å². The average Bonchev–Trinajstić information content (AvgIpc) is 3.20. The smallest absolute Gasteiger partial charge is 0.223 e. The van der Waals surface area contributed by atoms with Gasteiger partial charge in [0.25, 0.3) is 0 Å². The highest BCUT2D eigenvalue weighted by Gasteiger charge is 2.24. The highest BCUT2D eigenvalue weighted by Crippen LogP contribution is 2.32. The summed E-state index contributed by atoms with van der Waals surface area (Å²) in [5.41, 5.74) is 2.45. The van der Waals surface area contributed by atoms with Gasteiger partial charge in [-0.25, -0.2) is 9.07 Å². The number of hydrogen-bond acceptors (Lipinski definition) is 6. The average molecular weight is 498 g/mol. The number of rotatable bonds is 8. The Balaban J connectivity index is 1.46. The van der Waals surface area contributed by atoms with Crippen LogP contribution in [0.2, 0.25) is 0 Å². The van der Waals surface area contributed by atoms with E-state index in [1.54, 1.807) is 68.7 Å². The predicted octanol–water partition coefficient (Wildman–Crippen LogP) is 5.55. The number of ketones is 1. The topological polar surface area (TPSA) is 86.5 Å². The van der Waals surface area contributed by atoms with Crippen LogP contribution in [0.15, 0.2) is 85.1 Å². The highest BCUT2D eigenvalue weighted by atomic mass is 19.1. The van der Waals surface area contributed by atoms with E-state index in [1.807, 2.05) is 18.2 Å². The minimum absolute atomic E-state index is 0.0501. The van der Waals surface area contributed by atoms with Crippen LogP contribution in [0.25, 0.3) is 10.9 Å². The van der Waals surface area contributed by atoms with Gasteiger partial charge in [-0.15, -0.1) is 0 Å². The third kappa shape index (κ3) is 4.92. The Morgan fingerprint density at radius 3 is 2.57 bits per heavy atom. The summed E-state index contributed by atoms with van der Waals surface area (Å²) in [6, 6.07) is 21.9. The van der Waals surface area contributed by atoms with Crippen molar-refractivity contribution in [2.24, 2.45) is 7.05 Å². The number of carbonyl (C=O) groups is 1. The summed E-state index contributed by atoms with van der Waals surface area (Å²) in [7, 11) is 1.68. The first-order chi connectivity index (χ1) is 17.9. The van der Waals surface area contributed by atoms with Crippen molar-refractivity contribution in [1.29, 1.82) is 0 Å². The number of carbonyl (C=O) groups excluding carboxylic acids is 1. The lowest BCUT2D eigenvalue weighted by molar-refractivity contribution is 0.0969. The first-order valence-corrected chi connectivity index (χ1v) is 11.7. The van der Waals surface area contributed by atoms with Crippen molar-refractivity contribution in [3.8, 4) is 17.4 Å². The summed E-state index contributed by atoms with van der Waals surface area (Å²) >= 11 is 0. The van der Waals surface area contributed by atoms with Gasteiger partial charge in [0, 0.05) is 24.2 Å². The van der Waals surface area contributed by atoms with Crippen molar-refractivity contribution in [2.75, 3.05) is 6.61 Å². The molecule has 0 radical (unpaired) electrons. The number of pyridine rings is 1. The molecule has 0 spiro atoms. The Kier molecular flexibility index (Phi) is 6.66. The van der Waals surface area contributed by atoms with Gasteiger partial charge in [0.1, 0.15) is 24.0 Å². The van der Waals surface area contributed by atoms with E-state index >= 15 is 0 Å². The number of ether oxygens (including phenoxy) is 2. The molecule has 186 valence electrons. The molecular formula is C29H24FN3O4. The largest absolute Gasteiger partial charge is 0.474 e. The Morgan fingerprint density at radius 1 is 1.03 bits per heavy atom. The molecule has 8 heteroatoms. The quantitative estimate of drug-likeness (QED) is 0.283. The normalized spacial score (nSPS) is 11.9. The molecule has 0 fully saturated rings. The van der Waals surface area contributed by atoms with Gasteiger partial charge in [0.05, 0.1) is 11.2 Å². The minimum Gasteiger partial charge on any atom is -0.474 e. The first-order valence-electron chi connectivity index (χ1n) is 11.7. The molecule has 0 aliphatic heterocycles. The number of halogens is 1. The summed E-state index contributed by atoms with van der Waals surface area (Å²) in [4.78, 5) is 18.0. The zero-order chi connectivity index (χ0) is 25.9. The lowest BCUT2D eigenvalue weighted by atomic mass is 10.0. The fraction of sp³-hybridized carbons (Fsp3) is 0.138. The molecule has 3 aromatic carbocycles. The highest BCUT2D eigenvalue weighted by molar-refractivity contribution is 6.12. The third-order valence-electron chi connectivity index (χ3n) is 5.98. The molecule has 0 bridgehead atoms. The van der Waals surface area contributed by atoms with Crippen LogP contribution in [0, 0.1) is 12.7 Å². The van der Waals surface area contributed by atoms with E-state index in [0.717, 1.165) is 0 Å². The van der Waals surface area contributed by atoms with Gasteiger partial charge in [-0.1, -0.05) is 42.5 Å². The number of fused-ring (bicyclic) bond motifs is 1. The SMILES string of the molecule is Cc1nn(C)c(OCC(O)c2ccccc2)c1C(=O)c1ccc2nccc(Oc3ccccc3F)c2c1. The summed E-state index contributed by atoms with van der Waals surface area (Å²) in [6.45, 7) is 1.68. The van der Waals surface area contributed by atoms with Gasteiger partial charge in [-0.05, 0) is 48.9 Å². The Labute approximate surface area is 212 Å². The standard InChI is InChI=1S/C29H24FN3O4/c1-18-27(29(33(2)32-18)36-17-24(34)19-8-4-3-5-9-19)28(35)20-12-13-23-21(16-20)25(14-15-31-23)37-26-11-7-6-10-22(26)30/h3-16,24,34H,17H2,1-2H3. The fourth-order valence-corrected chi connectivity index (χ4v) is 4.13. The number of aliphatic hydroxyl groups excluding tert-OH is 1. The third-order valence-corrected chi connectivity index (χ3v) is 5.98. The zero-order valence-corrected chi connectivity index (χ0v) is 20.3. The van der Waals surface area contributed by atoms with E-state index in [4.69, 9.17) is 9.47 Å². The van der Waals surface area contributed by atoms with Crippen LogP contribution in [0.4, 0.5) is 4.39 Å². The van der Waals surface area contributed by atoms with Gasteiger partial charge in [-0.3, -0.25) is 9.78 Å². The molecular weight excluding hydrogens is 473 g/mol. The molecule has 0 saturated heterocycles. The van der Waals surface area contributed by atoms with Gasteiger partial charge >= 0.3 is 0 Å². The van der Waals surface area contributed by atoms with E-state index in [-0.39, 0.29) is 24.0 Å². The predicted molar refractivity (Wildman–Crippen MR) is 136 cm³/mol.